The maximum Gasteiger partial charge on any atom is 0.203 e. The molecule has 28 heavy (non-hydrogen) atoms. The highest BCUT2D eigenvalue weighted by Gasteiger charge is 2.24. The molecule has 2 atom stereocenters. The molecule has 152 valence electrons. The van der Waals surface area contributed by atoms with Crippen LogP contribution in [-0.4, -0.2) is 63.2 Å². The number of nitrogens with zero attached hydrogens (tertiary/aromatic N) is 1. The van der Waals surface area contributed by atoms with Gasteiger partial charge in [0.15, 0.2) is 11.5 Å². The molecule has 3 rings (SSSR count). The van der Waals surface area contributed by atoms with Crippen LogP contribution in [0.15, 0.2) is 46.9 Å². The summed E-state index contributed by atoms with van der Waals surface area (Å²) in [5.41, 5.74) is 1.14. The molecule has 7 heteroatoms. The monoisotopic (exact) mass is 451 g/mol. The number of methoxy groups -OCH3 is 2. The number of para-hydroxylation sites is 1. The topological polar surface area (TPSA) is 60.4 Å². The van der Waals surface area contributed by atoms with Crippen LogP contribution in [0, 0.1) is 0 Å². The Morgan fingerprint density at radius 1 is 1.14 bits per heavy atom. The zero-order chi connectivity index (χ0) is 19.9. The van der Waals surface area contributed by atoms with Crippen molar-refractivity contribution in [1.82, 2.24) is 4.90 Å². The van der Waals surface area contributed by atoms with Crippen LogP contribution in [0.1, 0.15) is 11.7 Å². The molecular formula is C21H26BrNO5. The first-order chi connectivity index (χ1) is 13.6. The first kappa shape index (κ1) is 20.9. The summed E-state index contributed by atoms with van der Waals surface area (Å²) in [4.78, 5) is 2.20. The van der Waals surface area contributed by atoms with Gasteiger partial charge in [0.2, 0.25) is 5.75 Å². The van der Waals surface area contributed by atoms with Crippen molar-refractivity contribution in [3.63, 3.8) is 0 Å². The summed E-state index contributed by atoms with van der Waals surface area (Å²) < 4.78 is 23.4. The number of halogens is 1. The van der Waals surface area contributed by atoms with Gasteiger partial charge in [-0.05, 0) is 29.8 Å². The molecule has 0 amide bonds. The van der Waals surface area contributed by atoms with Gasteiger partial charge in [0, 0.05) is 24.1 Å². The molecule has 2 aromatic rings. The van der Waals surface area contributed by atoms with Crippen molar-refractivity contribution in [1.29, 1.82) is 0 Å². The van der Waals surface area contributed by atoms with Crippen molar-refractivity contribution in [2.24, 2.45) is 0 Å². The number of ether oxygens (including phenoxy) is 4. The minimum absolute atomic E-state index is 0.00396. The van der Waals surface area contributed by atoms with Crippen molar-refractivity contribution in [2.75, 3.05) is 47.1 Å². The summed E-state index contributed by atoms with van der Waals surface area (Å²) in [5.74, 6) is 1.66. The lowest BCUT2D eigenvalue weighted by Gasteiger charge is -2.34. The van der Waals surface area contributed by atoms with Crippen molar-refractivity contribution in [3.8, 4) is 17.2 Å². The molecule has 1 aliphatic rings. The van der Waals surface area contributed by atoms with Gasteiger partial charge < -0.3 is 24.1 Å². The second-order valence-electron chi connectivity index (χ2n) is 6.63. The van der Waals surface area contributed by atoms with Crippen molar-refractivity contribution in [3.05, 3.63) is 52.5 Å². The predicted octanol–water partition coefficient (Wildman–Crippen LogP) is 3.28. The SMILES string of the molecule is COc1cccc(OC)c1OCC(O)CN1CCOC(c2ccc(Br)cc2)C1. The van der Waals surface area contributed by atoms with E-state index in [1.807, 2.05) is 18.2 Å². The smallest absolute Gasteiger partial charge is 0.203 e. The summed E-state index contributed by atoms with van der Waals surface area (Å²) in [6, 6.07) is 13.6. The lowest BCUT2D eigenvalue weighted by atomic mass is 10.1. The van der Waals surface area contributed by atoms with Crippen molar-refractivity contribution < 1.29 is 24.1 Å². The molecule has 0 spiro atoms. The molecule has 6 nitrogen and oxygen atoms in total. The van der Waals surface area contributed by atoms with E-state index < -0.39 is 6.10 Å². The lowest BCUT2D eigenvalue weighted by molar-refractivity contribution is -0.0460. The standard InChI is InChI=1S/C21H26BrNO5/c1-25-18-4-3-5-19(26-2)21(18)28-14-17(24)12-23-10-11-27-20(13-23)15-6-8-16(22)9-7-15/h3-9,17,20,24H,10-14H2,1-2H3. The van der Waals surface area contributed by atoms with E-state index >= 15 is 0 Å². The number of benzene rings is 2. The van der Waals surface area contributed by atoms with Gasteiger partial charge in [-0.1, -0.05) is 34.1 Å². The van der Waals surface area contributed by atoms with Gasteiger partial charge in [-0.2, -0.15) is 0 Å². The number of β-amino-alcohol motifs (C(OH)–C–C–N with tert-alkyl or cyclic N) is 1. The predicted molar refractivity (Wildman–Crippen MR) is 110 cm³/mol. The molecule has 0 aliphatic carbocycles. The van der Waals surface area contributed by atoms with Crippen LogP contribution in [0.5, 0.6) is 17.2 Å². The number of aliphatic hydroxyl groups excluding tert-OH is 1. The molecular weight excluding hydrogens is 426 g/mol. The van der Waals surface area contributed by atoms with E-state index in [1.165, 1.54) is 0 Å². The Kier molecular flexibility index (Phi) is 7.56. The molecule has 1 aliphatic heterocycles. The highest BCUT2D eigenvalue weighted by atomic mass is 79.9. The van der Waals surface area contributed by atoms with E-state index in [-0.39, 0.29) is 12.7 Å². The third kappa shape index (κ3) is 5.38. The van der Waals surface area contributed by atoms with Gasteiger partial charge >= 0.3 is 0 Å². The molecule has 2 aromatic carbocycles. The van der Waals surface area contributed by atoms with Gasteiger partial charge in [0.1, 0.15) is 12.7 Å². The summed E-state index contributed by atoms with van der Waals surface area (Å²) in [7, 11) is 3.15. The molecule has 0 bridgehead atoms. The second kappa shape index (κ2) is 10.1. The Morgan fingerprint density at radius 2 is 1.82 bits per heavy atom. The van der Waals surface area contributed by atoms with Gasteiger partial charge in [-0.25, -0.2) is 0 Å². The summed E-state index contributed by atoms with van der Waals surface area (Å²) in [5, 5.41) is 10.5. The zero-order valence-electron chi connectivity index (χ0n) is 16.1. The fraction of sp³-hybridized carbons (Fsp3) is 0.429. The number of aliphatic hydroxyl groups is 1. The van der Waals surface area contributed by atoms with E-state index in [0.717, 1.165) is 23.1 Å². The minimum atomic E-state index is -0.640. The van der Waals surface area contributed by atoms with Gasteiger partial charge in [0.25, 0.3) is 0 Å². The third-order valence-corrected chi connectivity index (χ3v) is 5.19. The van der Waals surface area contributed by atoms with E-state index in [0.29, 0.717) is 30.4 Å². The Labute approximate surface area is 174 Å². The van der Waals surface area contributed by atoms with Crippen LogP contribution < -0.4 is 14.2 Å². The van der Waals surface area contributed by atoms with Crippen LogP contribution in [0.3, 0.4) is 0 Å². The number of hydrogen-bond acceptors (Lipinski definition) is 6. The van der Waals surface area contributed by atoms with E-state index in [2.05, 4.69) is 33.0 Å². The van der Waals surface area contributed by atoms with Crippen LogP contribution in [0.25, 0.3) is 0 Å². The second-order valence-corrected chi connectivity index (χ2v) is 7.54. The summed E-state index contributed by atoms with van der Waals surface area (Å²) in [6.45, 7) is 2.80. The van der Waals surface area contributed by atoms with E-state index in [9.17, 15) is 5.11 Å². The highest BCUT2D eigenvalue weighted by molar-refractivity contribution is 9.10. The van der Waals surface area contributed by atoms with Gasteiger partial charge in [-0.15, -0.1) is 0 Å². The highest BCUT2D eigenvalue weighted by Crippen LogP contribution is 2.36. The van der Waals surface area contributed by atoms with Crippen molar-refractivity contribution in [2.45, 2.75) is 12.2 Å². The first-order valence-electron chi connectivity index (χ1n) is 9.22. The van der Waals surface area contributed by atoms with Crippen LogP contribution >= 0.6 is 15.9 Å². The first-order valence-corrected chi connectivity index (χ1v) is 10.0. The molecule has 1 saturated heterocycles. The lowest BCUT2D eigenvalue weighted by Crippen LogP contribution is -2.43. The van der Waals surface area contributed by atoms with Crippen LogP contribution in [0.4, 0.5) is 0 Å². The maximum atomic E-state index is 10.5. The minimum Gasteiger partial charge on any atom is -0.493 e. The number of rotatable bonds is 8. The molecule has 2 unspecified atom stereocenters. The van der Waals surface area contributed by atoms with Crippen LogP contribution in [0.2, 0.25) is 0 Å². The molecule has 0 saturated carbocycles. The average molecular weight is 452 g/mol. The number of morpholine rings is 1. The summed E-state index contributed by atoms with van der Waals surface area (Å²) in [6.07, 6.45) is -0.637. The summed E-state index contributed by atoms with van der Waals surface area (Å²) >= 11 is 3.45. The third-order valence-electron chi connectivity index (χ3n) is 4.66. The molecule has 0 aromatic heterocycles. The number of hydrogen-bond donors (Lipinski definition) is 1. The van der Waals surface area contributed by atoms with E-state index in [1.54, 1.807) is 26.4 Å². The van der Waals surface area contributed by atoms with Crippen LogP contribution in [-0.2, 0) is 4.74 Å². The Balaban J connectivity index is 1.55. The molecule has 1 N–H and O–H groups in total. The maximum absolute atomic E-state index is 10.5. The Hall–Kier alpha value is -1.80. The average Bonchev–Trinajstić information content (AvgIpc) is 2.72. The fourth-order valence-corrected chi connectivity index (χ4v) is 3.50. The Morgan fingerprint density at radius 3 is 2.46 bits per heavy atom. The fourth-order valence-electron chi connectivity index (χ4n) is 3.24. The quantitative estimate of drug-likeness (QED) is 0.664. The van der Waals surface area contributed by atoms with Crippen molar-refractivity contribution >= 4 is 15.9 Å². The van der Waals surface area contributed by atoms with E-state index in [4.69, 9.17) is 18.9 Å². The molecule has 0 radical (unpaired) electrons. The zero-order valence-corrected chi connectivity index (χ0v) is 17.7. The molecule has 1 fully saturated rings. The largest absolute Gasteiger partial charge is 0.493 e. The normalized spacial score (nSPS) is 18.5. The van der Waals surface area contributed by atoms with Gasteiger partial charge in [-0.3, -0.25) is 4.90 Å². The molecule has 1 heterocycles. The van der Waals surface area contributed by atoms with Gasteiger partial charge in [0.05, 0.1) is 26.9 Å². The Bertz CT molecular complexity index is 733.